The molecule has 174 valence electrons. The van der Waals surface area contributed by atoms with Crippen molar-refractivity contribution in [1.82, 2.24) is 19.8 Å². The monoisotopic (exact) mass is 455 g/mol. The molecular formula is C27H29N5O2. The van der Waals surface area contributed by atoms with Crippen molar-refractivity contribution in [2.24, 2.45) is 4.99 Å². The van der Waals surface area contributed by atoms with E-state index in [2.05, 4.69) is 34.1 Å². The molecule has 0 aliphatic carbocycles. The van der Waals surface area contributed by atoms with Gasteiger partial charge in [-0.15, -0.1) is 0 Å². The van der Waals surface area contributed by atoms with Crippen LogP contribution < -0.4 is 4.74 Å². The van der Waals surface area contributed by atoms with Gasteiger partial charge in [-0.05, 0) is 67.4 Å². The summed E-state index contributed by atoms with van der Waals surface area (Å²) >= 11 is 0. The van der Waals surface area contributed by atoms with E-state index < -0.39 is 0 Å². The Morgan fingerprint density at radius 2 is 2.00 bits per heavy atom. The molecule has 2 aromatic heterocycles. The van der Waals surface area contributed by atoms with Crippen molar-refractivity contribution in [1.29, 1.82) is 0 Å². The summed E-state index contributed by atoms with van der Waals surface area (Å²) in [5.41, 5.74) is 4.22. The molecule has 1 aromatic carbocycles. The van der Waals surface area contributed by atoms with Gasteiger partial charge in [-0.2, -0.15) is 0 Å². The fourth-order valence-corrected chi connectivity index (χ4v) is 4.59. The molecule has 4 heterocycles. The van der Waals surface area contributed by atoms with Gasteiger partial charge >= 0.3 is 0 Å². The topological polar surface area (TPSA) is 70.9 Å². The first-order valence-corrected chi connectivity index (χ1v) is 11.7. The Labute approximate surface area is 199 Å². The largest absolute Gasteiger partial charge is 0.439 e. The Hall–Kier alpha value is -3.58. The van der Waals surface area contributed by atoms with Gasteiger partial charge in [0.15, 0.2) is 0 Å². The number of fused-ring (bicyclic) bond motifs is 1. The molecule has 7 heteroatoms. The van der Waals surface area contributed by atoms with Crippen molar-refractivity contribution in [3.05, 3.63) is 66.0 Å². The van der Waals surface area contributed by atoms with Gasteiger partial charge in [0.05, 0.1) is 17.8 Å². The first kappa shape index (κ1) is 22.2. The normalized spacial score (nSPS) is 16.3. The highest BCUT2D eigenvalue weighted by Crippen LogP contribution is 2.26. The first-order chi connectivity index (χ1) is 16.5. The van der Waals surface area contributed by atoms with E-state index in [-0.39, 0.29) is 5.91 Å². The van der Waals surface area contributed by atoms with Crippen LogP contribution in [0.3, 0.4) is 0 Å². The maximum absolute atomic E-state index is 11.6. The number of pyridine rings is 2. The highest BCUT2D eigenvalue weighted by Gasteiger charge is 2.23. The van der Waals surface area contributed by atoms with Gasteiger partial charge in [-0.3, -0.25) is 19.7 Å². The van der Waals surface area contributed by atoms with E-state index >= 15 is 0 Å². The molecule has 1 saturated heterocycles. The van der Waals surface area contributed by atoms with E-state index in [9.17, 15) is 4.79 Å². The minimum absolute atomic E-state index is 0.172. The minimum atomic E-state index is 0.172. The predicted molar refractivity (Wildman–Crippen MR) is 134 cm³/mol. The Morgan fingerprint density at radius 3 is 2.71 bits per heavy atom. The van der Waals surface area contributed by atoms with Crippen LogP contribution >= 0.6 is 0 Å². The van der Waals surface area contributed by atoms with Crippen molar-refractivity contribution in [3.63, 3.8) is 0 Å². The van der Waals surface area contributed by atoms with Crippen LogP contribution in [0.25, 0.3) is 16.5 Å². The molecule has 0 N–H and O–H groups in total. The van der Waals surface area contributed by atoms with Crippen LogP contribution in [-0.2, 0) is 11.3 Å². The fraction of sp³-hybridized carbons (Fsp3) is 0.333. The van der Waals surface area contributed by atoms with E-state index in [1.807, 2.05) is 53.7 Å². The number of aromatic nitrogens is 2. The van der Waals surface area contributed by atoms with Crippen molar-refractivity contribution in [3.8, 4) is 11.6 Å². The van der Waals surface area contributed by atoms with Crippen LogP contribution in [0.4, 0.5) is 0 Å². The number of carbonyl (C=O) groups is 1. The second-order valence-electron chi connectivity index (χ2n) is 8.98. The number of allylic oxidation sites excluding steroid dienone is 1. The maximum Gasteiger partial charge on any atom is 0.219 e. The van der Waals surface area contributed by atoms with Gasteiger partial charge in [-0.25, -0.2) is 4.98 Å². The van der Waals surface area contributed by atoms with Crippen molar-refractivity contribution >= 4 is 28.6 Å². The van der Waals surface area contributed by atoms with E-state index in [1.54, 1.807) is 6.92 Å². The number of nitrogens with zero attached hydrogens (tertiary/aromatic N) is 5. The molecule has 2 aliphatic rings. The van der Waals surface area contributed by atoms with Crippen molar-refractivity contribution < 1.29 is 9.53 Å². The Kier molecular flexibility index (Phi) is 6.36. The molecule has 0 radical (unpaired) electrons. The lowest BCUT2D eigenvalue weighted by Crippen LogP contribution is -2.44. The fourth-order valence-electron chi connectivity index (χ4n) is 4.59. The van der Waals surface area contributed by atoms with Gasteiger partial charge in [0.1, 0.15) is 5.75 Å². The molecule has 5 rings (SSSR count). The van der Waals surface area contributed by atoms with Crippen LogP contribution in [0.15, 0.2) is 59.7 Å². The summed E-state index contributed by atoms with van der Waals surface area (Å²) in [7, 11) is 2.14. The summed E-state index contributed by atoms with van der Waals surface area (Å²) in [4.78, 5) is 29.4. The predicted octanol–water partition coefficient (Wildman–Crippen LogP) is 4.33. The maximum atomic E-state index is 11.6. The molecule has 7 nitrogen and oxygen atoms in total. The molecule has 0 saturated carbocycles. The first-order valence-electron chi connectivity index (χ1n) is 11.7. The average Bonchev–Trinajstić information content (AvgIpc) is 3.40. The summed E-state index contributed by atoms with van der Waals surface area (Å²) in [6.07, 6.45) is 7.67. The SMILES string of the molecule is CC(=O)N1CCC(N(C)Cc2ccc3cc(Oc4ccc(C5=CC=NC5)cn4)ccc3n2)CC1. The molecule has 3 aromatic rings. The number of piperidine rings is 1. The van der Waals surface area contributed by atoms with Crippen molar-refractivity contribution in [2.75, 3.05) is 26.7 Å². The van der Waals surface area contributed by atoms with Gasteiger partial charge in [0.2, 0.25) is 11.8 Å². The van der Waals surface area contributed by atoms with E-state index in [0.29, 0.717) is 18.5 Å². The quantitative estimate of drug-likeness (QED) is 0.553. The highest BCUT2D eigenvalue weighted by atomic mass is 16.5. The molecule has 0 atom stereocenters. The number of aliphatic imine (C=N–C) groups is 1. The van der Waals surface area contributed by atoms with E-state index in [4.69, 9.17) is 9.72 Å². The van der Waals surface area contributed by atoms with Gasteiger partial charge in [0.25, 0.3) is 0 Å². The molecule has 1 amide bonds. The second kappa shape index (κ2) is 9.73. The standard InChI is InChI=1S/C27H29N5O2/c1-19(33)32-13-10-24(11-14-32)31(2)18-23-5-3-20-15-25(6-7-26(20)30-23)34-27-8-4-21(17-29-27)22-9-12-28-16-22/h3-9,12,15,17,24H,10-11,13-14,16,18H2,1-2H3. The lowest BCUT2D eigenvalue weighted by Gasteiger charge is -2.36. The lowest BCUT2D eigenvalue weighted by molar-refractivity contribution is -0.130. The van der Waals surface area contributed by atoms with Crippen LogP contribution in [-0.4, -0.2) is 64.6 Å². The third kappa shape index (κ3) is 4.99. The molecular weight excluding hydrogens is 426 g/mol. The lowest BCUT2D eigenvalue weighted by atomic mass is 10.0. The smallest absolute Gasteiger partial charge is 0.219 e. The Bertz CT molecular complexity index is 1240. The number of amides is 1. The number of hydrogen-bond acceptors (Lipinski definition) is 6. The van der Waals surface area contributed by atoms with Gasteiger partial charge < -0.3 is 9.64 Å². The molecule has 34 heavy (non-hydrogen) atoms. The summed E-state index contributed by atoms with van der Waals surface area (Å²) < 4.78 is 5.98. The third-order valence-corrected chi connectivity index (χ3v) is 6.64. The zero-order chi connectivity index (χ0) is 23.5. The summed E-state index contributed by atoms with van der Waals surface area (Å²) in [6, 6.07) is 14.5. The highest BCUT2D eigenvalue weighted by molar-refractivity contribution is 5.89. The summed E-state index contributed by atoms with van der Waals surface area (Å²) in [5, 5.41) is 1.03. The molecule has 0 unspecified atom stereocenters. The number of hydrogen-bond donors (Lipinski definition) is 0. The average molecular weight is 456 g/mol. The molecule has 2 aliphatic heterocycles. The second-order valence-corrected chi connectivity index (χ2v) is 8.98. The minimum Gasteiger partial charge on any atom is -0.439 e. The number of ether oxygens (including phenoxy) is 1. The summed E-state index contributed by atoms with van der Waals surface area (Å²) in [5.74, 6) is 1.47. The van der Waals surface area contributed by atoms with E-state index in [1.165, 1.54) is 5.57 Å². The van der Waals surface area contributed by atoms with E-state index in [0.717, 1.165) is 60.4 Å². The summed E-state index contributed by atoms with van der Waals surface area (Å²) in [6.45, 7) is 4.81. The zero-order valence-electron chi connectivity index (χ0n) is 19.6. The van der Waals surface area contributed by atoms with Crippen LogP contribution in [0, 0.1) is 0 Å². The molecule has 0 bridgehead atoms. The third-order valence-electron chi connectivity index (χ3n) is 6.64. The van der Waals surface area contributed by atoms with Crippen LogP contribution in [0.1, 0.15) is 31.0 Å². The Morgan fingerprint density at radius 1 is 1.15 bits per heavy atom. The van der Waals surface area contributed by atoms with Crippen LogP contribution in [0.2, 0.25) is 0 Å². The Balaban J connectivity index is 1.21. The molecule has 0 spiro atoms. The number of rotatable bonds is 6. The number of carbonyl (C=O) groups excluding carboxylic acids is 1. The van der Waals surface area contributed by atoms with Gasteiger partial charge in [-0.1, -0.05) is 6.07 Å². The number of benzene rings is 1. The molecule has 1 fully saturated rings. The number of likely N-dealkylation sites (tertiary alicyclic amines) is 1. The van der Waals surface area contributed by atoms with Crippen LogP contribution in [0.5, 0.6) is 11.6 Å². The van der Waals surface area contributed by atoms with Gasteiger partial charge in [0, 0.05) is 56.5 Å². The zero-order valence-corrected chi connectivity index (χ0v) is 19.6. The van der Waals surface area contributed by atoms with Crippen molar-refractivity contribution in [2.45, 2.75) is 32.4 Å².